The predicted molar refractivity (Wildman–Crippen MR) is 92.8 cm³/mol. The molecule has 2 nitrogen and oxygen atoms in total. The molecule has 0 bridgehead atoms. The summed E-state index contributed by atoms with van der Waals surface area (Å²) in [5.41, 5.74) is 3.29. The molecule has 0 fully saturated rings. The van der Waals surface area contributed by atoms with Crippen molar-refractivity contribution in [2.45, 2.75) is 26.3 Å². The highest BCUT2D eigenvalue weighted by Crippen LogP contribution is 2.17. The van der Waals surface area contributed by atoms with Crippen LogP contribution in [0.5, 0.6) is 0 Å². The van der Waals surface area contributed by atoms with E-state index in [0.717, 1.165) is 17.5 Å². The van der Waals surface area contributed by atoms with Crippen LogP contribution in [0.3, 0.4) is 0 Å². The number of hydrogen-bond donors (Lipinski definition) is 1. The number of rotatable bonds is 5. The van der Waals surface area contributed by atoms with Crippen LogP contribution in [-0.4, -0.2) is 5.91 Å². The van der Waals surface area contributed by atoms with Crippen molar-refractivity contribution in [3.63, 3.8) is 0 Å². The first-order valence-electron chi connectivity index (χ1n) is 7.39. The molecule has 0 heterocycles. The quantitative estimate of drug-likeness (QED) is 0.779. The number of nitrogens with one attached hydrogen (secondary N) is 1. The molecule has 2 aromatic carbocycles. The third kappa shape index (κ3) is 4.74. The Hall–Kier alpha value is -2.06. The Bertz CT molecular complexity index is 644. The van der Waals surface area contributed by atoms with Crippen molar-refractivity contribution in [2.75, 3.05) is 0 Å². The van der Waals surface area contributed by atoms with Crippen molar-refractivity contribution in [1.29, 1.82) is 0 Å². The van der Waals surface area contributed by atoms with Crippen LogP contribution < -0.4 is 5.32 Å². The number of halogens is 1. The minimum Gasteiger partial charge on any atom is -0.346 e. The monoisotopic (exact) mass is 313 g/mol. The Morgan fingerprint density at radius 1 is 1.14 bits per heavy atom. The molecule has 0 saturated heterocycles. The molecule has 0 saturated carbocycles. The van der Waals surface area contributed by atoms with Gasteiger partial charge in [0.1, 0.15) is 0 Å². The van der Waals surface area contributed by atoms with Gasteiger partial charge >= 0.3 is 0 Å². The fourth-order valence-electron chi connectivity index (χ4n) is 2.19. The first kappa shape index (κ1) is 16.3. The molecule has 1 N–H and O–H groups in total. The number of carbonyl (C=O) groups is 1. The summed E-state index contributed by atoms with van der Waals surface area (Å²) in [6.45, 7) is 4.12. The van der Waals surface area contributed by atoms with Crippen molar-refractivity contribution in [2.24, 2.45) is 0 Å². The van der Waals surface area contributed by atoms with Crippen LogP contribution in [0.15, 0.2) is 54.6 Å². The third-order valence-corrected chi connectivity index (χ3v) is 3.75. The molecule has 0 spiro atoms. The van der Waals surface area contributed by atoms with Gasteiger partial charge in [0.2, 0.25) is 5.91 Å². The van der Waals surface area contributed by atoms with E-state index in [-0.39, 0.29) is 11.9 Å². The van der Waals surface area contributed by atoms with Crippen LogP contribution in [0.2, 0.25) is 5.02 Å². The fraction of sp³-hybridized carbons (Fsp3) is 0.211. The van der Waals surface area contributed by atoms with Gasteiger partial charge in [-0.2, -0.15) is 0 Å². The van der Waals surface area contributed by atoms with Crippen molar-refractivity contribution < 1.29 is 4.79 Å². The number of benzene rings is 2. The summed E-state index contributed by atoms with van der Waals surface area (Å²) in [7, 11) is 0. The molecule has 0 aliphatic heterocycles. The van der Waals surface area contributed by atoms with E-state index in [0.29, 0.717) is 5.02 Å². The minimum atomic E-state index is -0.0950. The second-order valence-electron chi connectivity index (χ2n) is 5.26. The Kier molecular flexibility index (Phi) is 5.79. The van der Waals surface area contributed by atoms with E-state index in [4.69, 9.17) is 11.6 Å². The van der Waals surface area contributed by atoms with Crippen molar-refractivity contribution in [3.8, 4) is 0 Å². The summed E-state index contributed by atoms with van der Waals surface area (Å²) < 4.78 is 0. The van der Waals surface area contributed by atoms with Gasteiger partial charge in [0, 0.05) is 11.1 Å². The van der Waals surface area contributed by atoms with Gasteiger partial charge < -0.3 is 5.32 Å². The van der Waals surface area contributed by atoms with E-state index in [1.54, 1.807) is 24.3 Å². The predicted octanol–water partition coefficient (Wildman–Crippen LogP) is 4.93. The molecule has 0 aliphatic carbocycles. The molecular weight excluding hydrogens is 294 g/mol. The number of amides is 1. The lowest BCUT2D eigenvalue weighted by Crippen LogP contribution is -2.26. The van der Waals surface area contributed by atoms with Crippen molar-refractivity contribution in [3.05, 3.63) is 76.3 Å². The van der Waals surface area contributed by atoms with E-state index < -0.39 is 0 Å². The zero-order valence-corrected chi connectivity index (χ0v) is 13.6. The smallest absolute Gasteiger partial charge is 0.244 e. The third-order valence-electron chi connectivity index (χ3n) is 3.50. The molecule has 1 amide bonds. The molecule has 0 radical (unpaired) electrons. The van der Waals surface area contributed by atoms with Crippen LogP contribution in [0.4, 0.5) is 0 Å². The van der Waals surface area contributed by atoms with Crippen molar-refractivity contribution >= 4 is 23.6 Å². The van der Waals surface area contributed by atoms with E-state index in [9.17, 15) is 4.79 Å². The summed E-state index contributed by atoms with van der Waals surface area (Å²) in [4.78, 5) is 12.1. The van der Waals surface area contributed by atoms with Crippen LogP contribution in [0.25, 0.3) is 6.08 Å². The van der Waals surface area contributed by atoms with Gasteiger partial charge in [-0.25, -0.2) is 0 Å². The number of aryl methyl sites for hydroxylation is 1. The lowest BCUT2D eigenvalue weighted by Gasteiger charge is -2.16. The summed E-state index contributed by atoms with van der Waals surface area (Å²) in [6.07, 6.45) is 4.19. The SMILES string of the molecule is CC[C@H](NC(=O)/C=C\c1ccc(Cl)cc1)c1ccc(C)cc1. The average Bonchev–Trinajstić information content (AvgIpc) is 2.53. The second-order valence-corrected chi connectivity index (χ2v) is 5.70. The Labute approximate surface area is 136 Å². The molecule has 2 aromatic rings. The number of carbonyl (C=O) groups excluding carboxylic acids is 1. The van der Waals surface area contributed by atoms with Gasteiger partial charge in [0.05, 0.1) is 6.04 Å². The van der Waals surface area contributed by atoms with Crippen molar-refractivity contribution in [1.82, 2.24) is 5.32 Å². The Balaban J connectivity index is 2.00. The summed E-state index contributed by atoms with van der Waals surface area (Å²) >= 11 is 5.84. The molecule has 2 rings (SSSR count). The first-order valence-corrected chi connectivity index (χ1v) is 7.77. The topological polar surface area (TPSA) is 29.1 Å². The van der Waals surface area contributed by atoms with E-state index in [1.807, 2.05) is 12.1 Å². The summed E-state index contributed by atoms with van der Waals surface area (Å²) in [6, 6.07) is 15.6. The normalized spacial score (nSPS) is 12.3. The highest BCUT2D eigenvalue weighted by molar-refractivity contribution is 6.30. The van der Waals surface area contributed by atoms with Gasteiger partial charge in [-0.3, -0.25) is 4.79 Å². The molecule has 0 unspecified atom stereocenters. The zero-order chi connectivity index (χ0) is 15.9. The maximum absolute atomic E-state index is 12.1. The maximum atomic E-state index is 12.1. The molecule has 114 valence electrons. The van der Waals surface area contributed by atoms with E-state index in [1.165, 1.54) is 5.56 Å². The molecule has 0 aliphatic rings. The zero-order valence-electron chi connectivity index (χ0n) is 12.8. The highest BCUT2D eigenvalue weighted by atomic mass is 35.5. The lowest BCUT2D eigenvalue weighted by atomic mass is 10.0. The van der Waals surface area contributed by atoms with E-state index in [2.05, 4.69) is 43.4 Å². The molecule has 1 atom stereocenters. The number of hydrogen-bond acceptors (Lipinski definition) is 1. The fourth-order valence-corrected chi connectivity index (χ4v) is 2.31. The Morgan fingerprint density at radius 3 is 2.36 bits per heavy atom. The van der Waals surface area contributed by atoms with Crippen LogP contribution >= 0.6 is 11.6 Å². The standard InChI is InChI=1S/C19H20ClNO/c1-3-18(16-9-4-14(2)5-10-16)21-19(22)13-8-15-6-11-17(20)12-7-15/h4-13,18H,3H2,1-2H3,(H,21,22)/b13-8-/t18-/m0/s1. The second kappa shape index (κ2) is 7.81. The lowest BCUT2D eigenvalue weighted by molar-refractivity contribution is -0.117. The highest BCUT2D eigenvalue weighted by Gasteiger charge is 2.10. The van der Waals surface area contributed by atoms with Crippen LogP contribution in [-0.2, 0) is 4.79 Å². The van der Waals surface area contributed by atoms with Gasteiger partial charge in [0.15, 0.2) is 0 Å². The van der Waals surface area contributed by atoms with Gasteiger partial charge in [-0.15, -0.1) is 0 Å². The van der Waals surface area contributed by atoms with Crippen LogP contribution in [0.1, 0.15) is 36.1 Å². The average molecular weight is 314 g/mol. The molecule has 0 aromatic heterocycles. The summed E-state index contributed by atoms with van der Waals surface area (Å²) in [5.74, 6) is -0.0950. The first-order chi connectivity index (χ1) is 10.6. The minimum absolute atomic E-state index is 0.0305. The molecular formula is C19H20ClNO. The Morgan fingerprint density at radius 2 is 1.77 bits per heavy atom. The maximum Gasteiger partial charge on any atom is 0.244 e. The van der Waals surface area contributed by atoms with Gasteiger partial charge in [0.25, 0.3) is 0 Å². The largest absolute Gasteiger partial charge is 0.346 e. The van der Waals surface area contributed by atoms with E-state index >= 15 is 0 Å². The van der Waals surface area contributed by atoms with Crippen LogP contribution in [0, 0.1) is 6.92 Å². The van der Waals surface area contributed by atoms with Gasteiger partial charge in [-0.05, 0) is 42.7 Å². The molecule has 22 heavy (non-hydrogen) atoms. The molecule has 3 heteroatoms. The van der Waals surface area contributed by atoms with Gasteiger partial charge in [-0.1, -0.05) is 60.5 Å². The summed E-state index contributed by atoms with van der Waals surface area (Å²) in [5, 5.41) is 3.72.